The quantitative estimate of drug-likeness (QED) is 0.855. The number of aromatic nitrogens is 1. The van der Waals surface area contributed by atoms with E-state index in [0.29, 0.717) is 6.42 Å². The smallest absolute Gasteiger partial charge is 0.123 e. The molecule has 0 aliphatic rings. The molecule has 0 amide bonds. The fourth-order valence-corrected chi connectivity index (χ4v) is 1.64. The minimum absolute atomic E-state index is 0.0207. The van der Waals surface area contributed by atoms with E-state index >= 15 is 0 Å². The van der Waals surface area contributed by atoms with Crippen molar-refractivity contribution in [3.05, 3.63) is 65.2 Å². The van der Waals surface area contributed by atoms with Gasteiger partial charge in [-0.3, -0.25) is 4.98 Å². The zero-order valence-electron chi connectivity index (χ0n) is 8.73. The Balaban J connectivity index is 2.26. The molecule has 1 aromatic carbocycles. The Bertz CT molecular complexity index is 485. The second-order valence-electron chi connectivity index (χ2n) is 3.61. The van der Waals surface area contributed by atoms with Gasteiger partial charge in [0.1, 0.15) is 5.82 Å². The van der Waals surface area contributed by atoms with Crippen LogP contribution in [-0.4, -0.2) is 10.1 Å². The van der Waals surface area contributed by atoms with Crippen molar-refractivity contribution >= 4 is 0 Å². The molecule has 0 saturated carbocycles. The molecule has 0 unspecified atom stereocenters. The average Bonchev–Trinajstić information content (AvgIpc) is 2.30. The topological polar surface area (TPSA) is 33.1 Å². The van der Waals surface area contributed by atoms with Crippen LogP contribution in [0.25, 0.3) is 0 Å². The first-order valence-electron chi connectivity index (χ1n) is 5.06. The largest absolute Gasteiger partial charge is 0.392 e. The summed E-state index contributed by atoms with van der Waals surface area (Å²) in [4.78, 5) is 4.01. The van der Waals surface area contributed by atoms with Crippen LogP contribution in [-0.2, 0) is 13.0 Å². The molecule has 1 heterocycles. The number of rotatable bonds is 3. The van der Waals surface area contributed by atoms with Gasteiger partial charge in [-0.05, 0) is 41.3 Å². The van der Waals surface area contributed by atoms with Crippen LogP contribution >= 0.6 is 0 Å². The third-order valence-electron chi connectivity index (χ3n) is 2.46. The standard InChI is InChI=1S/C13H12FNO/c14-13-3-1-2-10(7-13)6-12-8-15-5-4-11(12)9-16/h1-5,7-8,16H,6,9H2. The molecular formula is C13H12FNO. The number of pyridine rings is 1. The molecule has 3 heteroatoms. The van der Waals surface area contributed by atoms with E-state index in [1.165, 1.54) is 12.1 Å². The summed E-state index contributed by atoms with van der Waals surface area (Å²) >= 11 is 0. The summed E-state index contributed by atoms with van der Waals surface area (Å²) in [5.74, 6) is -0.244. The molecule has 2 rings (SSSR count). The van der Waals surface area contributed by atoms with Gasteiger partial charge >= 0.3 is 0 Å². The molecular weight excluding hydrogens is 205 g/mol. The maximum atomic E-state index is 13.0. The summed E-state index contributed by atoms with van der Waals surface area (Å²) in [6.07, 6.45) is 3.93. The van der Waals surface area contributed by atoms with Gasteiger partial charge in [-0.2, -0.15) is 0 Å². The van der Waals surface area contributed by atoms with Crippen LogP contribution < -0.4 is 0 Å². The fraction of sp³-hybridized carbons (Fsp3) is 0.154. The Hall–Kier alpha value is -1.74. The van der Waals surface area contributed by atoms with Gasteiger partial charge in [0.2, 0.25) is 0 Å². The Kier molecular flexibility index (Phi) is 3.27. The van der Waals surface area contributed by atoms with Crippen LogP contribution in [0.15, 0.2) is 42.7 Å². The van der Waals surface area contributed by atoms with Crippen molar-refractivity contribution in [2.24, 2.45) is 0 Å². The molecule has 0 bridgehead atoms. The predicted molar refractivity (Wildman–Crippen MR) is 59.4 cm³/mol. The molecule has 1 N–H and O–H groups in total. The van der Waals surface area contributed by atoms with Crippen molar-refractivity contribution in [2.45, 2.75) is 13.0 Å². The Labute approximate surface area is 93.4 Å². The molecule has 0 aliphatic heterocycles. The molecule has 82 valence electrons. The van der Waals surface area contributed by atoms with Gasteiger partial charge in [-0.25, -0.2) is 4.39 Å². The molecule has 2 nitrogen and oxygen atoms in total. The molecule has 0 spiro atoms. The number of hydrogen-bond donors (Lipinski definition) is 1. The third-order valence-corrected chi connectivity index (χ3v) is 2.46. The van der Waals surface area contributed by atoms with Crippen LogP contribution in [0.1, 0.15) is 16.7 Å². The number of aliphatic hydroxyl groups excluding tert-OH is 1. The van der Waals surface area contributed by atoms with E-state index in [1.54, 1.807) is 24.5 Å². The van der Waals surface area contributed by atoms with Crippen LogP contribution in [0.2, 0.25) is 0 Å². The molecule has 16 heavy (non-hydrogen) atoms. The van der Waals surface area contributed by atoms with E-state index in [1.807, 2.05) is 6.07 Å². The lowest BCUT2D eigenvalue weighted by molar-refractivity contribution is 0.280. The van der Waals surface area contributed by atoms with Gasteiger partial charge < -0.3 is 5.11 Å². The summed E-state index contributed by atoms with van der Waals surface area (Å²) in [7, 11) is 0. The van der Waals surface area contributed by atoms with Crippen LogP contribution in [0.5, 0.6) is 0 Å². The van der Waals surface area contributed by atoms with Crippen molar-refractivity contribution in [2.75, 3.05) is 0 Å². The third kappa shape index (κ3) is 2.44. The van der Waals surface area contributed by atoms with Gasteiger partial charge in [-0.15, -0.1) is 0 Å². The lowest BCUT2D eigenvalue weighted by Gasteiger charge is -2.06. The minimum Gasteiger partial charge on any atom is -0.392 e. The monoisotopic (exact) mass is 217 g/mol. The van der Waals surface area contributed by atoms with Crippen LogP contribution in [0.3, 0.4) is 0 Å². The van der Waals surface area contributed by atoms with Crippen molar-refractivity contribution < 1.29 is 9.50 Å². The van der Waals surface area contributed by atoms with E-state index in [-0.39, 0.29) is 12.4 Å². The number of halogens is 1. The van der Waals surface area contributed by atoms with E-state index in [0.717, 1.165) is 16.7 Å². The van der Waals surface area contributed by atoms with Gasteiger partial charge in [0, 0.05) is 12.4 Å². The zero-order valence-corrected chi connectivity index (χ0v) is 8.73. The summed E-state index contributed by atoms with van der Waals surface area (Å²) in [5, 5.41) is 9.15. The molecule has 0 fully saturated rings. The second kappa shape index (κ2) is 4.86. The number of nitrogens with zero attached hydrogens (tertiary/aromatic N) is 1. The zero-order chi connectivity index (χ0) is 11.4. The van der Waals surface area contributed by atoms with E-state index in [2.05, 4.69) is 4.98 Å². The van der Waals surface area contributed by atoms with Crippen molar-refractivity contribution in [3.8, 4) is 0 Å². The van der Waals surface area contributed by atoms with Crippen molar-refractivity contribution in [1.82, 2.24) is 4.98 Å². The van der Waals surface area contributed by atoms with Crippen LogP contribution in [0, 0.1) is 5.82 Å². The molecule has 0 aliphatic carbocycles. The molecule has 2 aromatic rings. The summed E-state index contributed by atoms with van der Waals surface area (Å²) in [5.41, 5.74) is 2.64. The first-order chi connectivity index (χ1) is 7.79. The van der Waals surface area contributed by atoms with E-state index < -0.39 is 0 Å². The first-order valence-corrected chi connectivity index (χ1v) is 5.06. The average molecular weight is 217 g/mol. The predicted octanol–water partition coefficient (Wildman–Crippen LogP) is 2.30. The number of aliphatic hydroxyl groups is 1. The lowest BCUT2D eigenvalue weighted by atomic mass is 10.0. The fourth-order valence-electron chi connectivity index (χ4n) is 1.64. The van der Waals surface area contributed by atoms with Gasteiger partial charge in [0.25, 0.3) is 0 Å². The SMILES string of the molecule is OCc1ccncc1Cc1cccc(F)c1. The Morgan fingerprint density at radius 1 is 1.19 bits per heavy atom. The Morgan fingerprint density at radius 2 is 2.06 bits per heavy atom. The Morgan fingerprint density at radius 3 is 2.81 bits per heavy atom. The lowest BCUT2D eigenvalue weighted by Crippen LogP contribution is -1.96. The summed E-state index contributed by atoms with van der Waals surface area (Å²) in [6.45, 7) is -0.0207. The van der Waals surface area contributed by atoms with Gasteiger partial charge in [-0.1, -0.05) is 12.1 Å². The summed E-state index contributed by atoms with van der Waals surface area (Å²) in [6, 6.07) is 8.22. The molecule has 1 aromatic heterocycles. The second-order valence-corrected chi connectivity index (χ2v) is 3.61. The first kappa shape index (κ1) is 10.8. The highest BCUT2D eigenvalue weighted by Gasteiger charge is 2.03. The maximum Gasteiger partial charge on any atom is 0.123 e. The number of hydrogen-bond acceptors (Lipinski definition) is 2. The van der Waals surface area contributed by atoms with Crippen LogP contribution in [0.4, 0.5) is 4.39 Å². The summed E-state index contributed by atoms with van der Waals surface area (Å²) < 4.78 is 13.0. The highest BCUT2D eigenvalue weighted by atomic mass is 19.1. The highest BCUT2D eigenvalue weighted by molar-refractivity contribution is 5.30. The van der Waals surface area contributed by atoms with E-state index in [9.17, 15) is 4.39 Å². The van der Waals surface area contributed by atoms with Gasteiger partial charge in [0.15, 0.2) is 0 Å². The molecule has 0 saturated heterocycles. The van der Waals surface area contributed by atoms with Gasteiger partial charge in [0.05, 0.1) is 6.61 Å². The molecule has 0 atom stereocenters. The molecule has 0 radical (unpaired) electrons. The minimum atomic E-state index is -0.244. The maximum absolute atomic E-state index is 13.0. The highest BCUT2D eigenvalue weighted by Crippen LogP contribution is 2.14. The normalized spacial score (nSPS) is 10.4. The van der Waals surface area contributed by atoms with Crippen molar-refractivity contribution in [3.63, 3.8) is 0 Å². The van der Waals surface area contributed by atoms with E-state index in [4.69, 9.17) is 5.11 Å². The van der Waals surface area contributed by atoms with Crippen molar-refractivity contribution in [1.29, 1.82) is 0 Å². The number of benzene rings is 1.